The van der Waals surface area contributed by atoms with Crippen molar-refractivity contribution in [3.05, 3.63) is 52.4 Å². The number of likely N-dealkylation sites (N-methyl/N-ethyl adjacent to an activating group) is 2. The Labute approximate surface area is 181 Å². The molecule has 0 spiro atoms. The number of rotatable bonds is 3. The van der Waals surface area contributed by atoms with E-state index < -0.39 is 45.5 Å². The summed E-state index contributed by atoms with van der Waals surface area (Å²) in [5, 5.41) is -0.250. The molecule has 0 unspecified atom stereocenters. The van der Waals surface area contributed by atoms with Gasteiger partial charge in [-0.1, -0.05) is 11.6 Å². The number of carbonyl (C=O) groups is 1. The summed E-state index contributed by atoms with van der Waals surface area (Å²) in [6.45, 7) is 0.964. The molecule has 1 aromatic carbocycles. The van der Waals surface area contributed by atoms with Crippen molar-refractivity contribution in [2.24, 2.45) is 0 Å². The minimum Gasteiger partial charge on any atom is -0.314 e. The van der Waals surface area contributed by atoms with Gasteiger partial charge in [0.25, 0.3) is 5.91 Å². The van der Waals surface area contributed by atoms with Crippen LogP contribution in [0, 0.1) is 12.7 Å². The van der Waals surface area contributed by atoms with Crippen molar-refractivity contribution < 1.29 is 30.8 Å². The van der Waals surface area contributed by atoms with Crippen molar-refractivity contribution in [1.29, 1.82) is 0 Å². The van der Waals surface area contributed by atoms with E-state index in [0.29, 0.717) is 10.4 Å². The van der Waals surface area contributed by atoms with E-state index in [2.05, 4.69) is 4.98 Å². The Morgan fingerprint density at radius 1 is 1.26 bits per heavy atom. The minimum absolute atomic E-state index is 0.0700. The first-order valence-electron chi connectivity index (χ1n) is 8.77. The van der Waals surface area contributed by atoms with Gasteiger partial charge in [0.2, 0.25) is 0 Å². The van der Waals surface area contributed by atoms with Gasteiger partial charge in [-0.25, -0.2) is 13.7 Å². The molecule has 1 fully saturated rings. The van der Waals surface area contributed by atoms with Gasteiger partial charge < -0.3 is 4.90 Å². The van der Waals surface area contributed by atoms with E-state index in [-0.39, 0.29) is 22.9 Å². The summed E-state index contributed by atoms with van der Waals surface area (Å²) in [5.41, 5.74) is -0.986. The van der Waals surface area contributed by atoms with Crippen LogP contribution in [0.25, 0.3) is 0 Å². The Morgan fingerprint density at radius 3 is 2.48 bits per heavy atom. The number of hydrogen-bond acceptors (Lipinski definition) is 4. The number of amides is 1. The molecule has 7 nitrogen and oxygen atoms in total. The molecule has 168 valence electrons. The van der Waals surface area contributed by atoms with Crippen molar-refractivity contribution in [3.8, 4) is 0 Å². The second kappa shape index (κ2) is 7.92. The minimum atomic E-state index is -4.74. The molecule has 1 atom stereocenters. The number of aromatic nitrogens is 1. The standard InChI is InChI=1S/C18H17ClF4N4O3S/c1-10-6-11(18(21,22)23)7-16(24-10)27-15(9-25(2)31(27,29)30)17(28)26(3)12-4-5-14(20)13(19)8-12/h4-8,15H,9H2,1-3H3/t15-/m0/s1. The van der Waals surface area contributed by atoms with Crippen molar-refractivity contribution in [1.82, 2.24) is 9.29 Å². The average molecular weight is 481 g/mol. The van der Waals surface area contributed by atoms with Gasteiger partial charge in [-0.15, -0.1) is 0 Å². The third-order valence-electron chi connectivity index (χ3n) is 4.75. The molecule has 1 amide bonds. The lowest BCUT2D eigenvalue weighted by Crippen LogP contribution is -2.47. The summed E-state index contributed by atoms with van der Waals surface area (Å²) in [6, 6.07) is 3.44. The number of anilines is 2. The number of alkyl halides is 3. The maximum Gasteiger partial charge on any atom is 0.416 e. The van der Waals surface area contributed by atoms with E-state index in [1.165, 1.54) is 33.2 Å². The predicted octanol–water partition coefficient (Wildman–Crippen LogP) is 3.23. The largest absolute Gasteiger partial charge is 0.416 e. The van der Waals surface area contributed by atoms with Crippen LogP contribution in [0.3, 0.4) is 0 Å². The van der Waals surface area contributed by atoms with E-state index in [1.807, 2.05) is 0 Å². The summed E-state index contributed by atoms with van der Waals surface area (Å²) < 4.78 is 80.3. The van der Waals surface area contributed by atoms with Gasteiger partial charge in [0.1, 0.15) is 17.7 Å². The Hall–Kier alpha value is -2.44. The highest BCUT2D eigenvalue weighted by Crippen LogP contribution is 2.35. The van der Waals surface area contributed by atoms with Crippen LogP contribution < -0.4 is 9.21 Å². The lowest BCUT2D eigenvalue weighted by Gasteiger charge is -2.27. The van der Waals surface area contributed by atoms with Crippen molar-refractivity contribution >= 4 is 39.2 Å². The van der Waals surface area contributed by atoms with Crippen LogP contribution in [-0.4, -0.2) is 50.3 Å². The molecule has 0 saturated carbocycles. The summed E-state index contributed by atoms with van der Waals surface area (Å²) in [5.74, 6) is -1.99. The SMILES string of the molecule is Cc1cc(C(F)(F)F)cc(N2[C@H](C(=O)N(C)c3ccc(F)c(Cl)c3)CN(C)S2(=O)=O)n1. The fraction of sp³-hybridized carbons (Fsp3) is 0.333. The second-order valence-electron chi connectivity index (χ2n) is 6.95. The van der Waals surface area contributed by atoms with E-state index in [4.69, 9.17) is 11.6 Å². The first-order valence-corrected chi connectivity index (χ1v) is 10.5. The van der Waals surface area contributed by atoms with Crippen LogP contribution in [0.15, 0.2) is 30.3 Å². The normalized spacial score (nSPS) is 19.0. The lowest BCUT2D eigenvalue weighted by molar-refractivity contribution is -0.137. The summed E-state index contributed by atoms with van der Waals surface area (Å²) >= 11 is 5.75. The average Bonchev–Trinajstić information content (AvgIpc) is 2.90. The number of hydrogen-bond donors (Lipinski definition) is 0. The molecule has 3 rings (SSSR count). The monoisotopic (exact) mass is 480 g/mol. The third kappa shape index (κ3) is 4.32. The highest BCUT2D eigenvalue weighted by Gasteiger charge is 2.48. The molecule has 0 bridgehead atoms. The van der Waals surface area contributed by atoms with Crippen molar-refractivity contribution in [2.75, 3.05) is 29.8 Å². The summed E-state index contributed by atoms with van der Waals surface area (Å²) in [7, 11) is -1.80. The molecule has 13 heteroatoms. The van der Waals surface area contributed by atoms with E-state index in [1.54, 1.807) is 0 Å². The zero-order chi connectivity index (χ0) is 23.3. The van der Waals surface area contributed by atoms with Crippen LogP contribution in [0.5, 0.6) is 0 Å². The van der Waals surface area contributed by atoms with Crippen LogP contribution in [0.4, 0.5) is 29.1 Å². The van der Waals surface area contributed by atoms with Gasteiger partial charge in [-0.05, 0) is 37.3 Å². The second-order valence-corrected chi connectivity index (χ2v) is 9.27. The molecule has 0 aliphatic carbocycles. The molecular formula is C18H17ClF4N4O3S. The number of benzene rings is 1. The summed E-state index contributed by atoms with van der Waals surface area (Å²) in [6.07, 6.45) is -4.74. The highest BCUT2D eigenvalue weighted by atomic mass is 35.5. The Morgan fingerprint density at radius 2 is 1.90 bits per heavy atom. The maximum absolute atomic E-state index is 13.4. The number of pyridine rings is 1. The topological polar surface area (TPSA) is 73.8 Å². The maximum atomic E-state index is 13.4. The molecule has 31 heavy (non-hydrogen) atoms. The van der Waals surface area contributed by atoms with Gasteiger partial charge in [0, 0.05) is 32.0 Å². The molecule has 2 aromatic rings. The van der Waals surface area contributed by atoms with Gasteiger partial charge in [-0.2, -0.15) is 25.9 Å². The molecule has 1 saturated heterocycles. The van der Waals surface area contributed by atoms with Gasteiger partial charge in [-0.3, -0.25) is 4.79 Å². The van der Waals surface area contributed by atoms with Crippen LogP contribution in [0.2, 0.25) is 5.02 Å². The van der Waals surface area contributed by atoms with Crippen LogP contribution in [-0.2, 0) is 21.2 Å². The smallest absolute Gasteiger partial charge is 0.314 e. The fourth-order valence-corrected chi connectivity index (χ4v) is 4.76. The zero-order valence-electron chi connectivity index (χ0n) is 16.5. The van der Waals surface area contributed by atoms with Crippen LogP contribution in [0.1, 0.15) is 11.3 Å². The number of halogens is 5. The van der Waals surface area contributed by atoms with Gasteiger partial charge in [0.05, 0.1) is 10.6 Å². The van der Waals surface area contributed by atoms with Crippen LogP contribution >= 0.6 is 11.6 Å². The third-order valence-corrected chi connectivity index (χ3v) is 6.92. The fourth-order valence-electron chi connectivity index (χ4n) is 3.15. The molecule has 1 aliphatic heterocycles. The first kappa shape index (κ1) is 23.2. The van der Waals surface area contributed by atoms with E-state index in [0.717, 1.165) is 21.3 Å². The molecule has 0 N–H and O–H groups in total. The van der Waals surface area contributed by atoms with Gasteiger partial charge >= 0.3 is 16.4 Å². The quantitative estimate of drug-likeness (QED) is 0.632. The molecule has 1 aromatic heterocycles. The van der Waals surface area contributed by atoms with Crippen molar-refractivity contribution in [3.63, 3.8) is 0 Å². The van der Waals surface area contributed by atoms with E-state index in [9.17, 15) is 30.8 Å². The Kier molecular flexibility index (Phi) is 5.93. The highest BCUT2D eigenvalue weighted by molar-refractivity contribution is 7.90. The zero-order valence-corrected chi connectivity index (χ0v) is 18.1. The number of carbonyl (C=O) groups excluding carboxylic acids is 1. The Balaban J connectivity index is 2.07. The van der Waals surface area contributed by atoms with Gasteiger partial charge in [0.15, 0.2) is 0 Å². The first-order chi connectivity index (χ1) is 14.2. The predicted molar refractivity (Wildman–Crippen MR) is 107 cm³/mol. The molecule has 0 radical (unpaired) electrons. The van der Waals surface area contributed by atoms with E-state index >= 15 is 0 Å². The summed E-state index contributed by atoms with van der Waals surface area (Å²) in [4.78, 5) is 18.1. The molecular weight excluding hydrogens is 464 g/mol. The molecule has 2 heterocycles. The Bertz CT molecular complexity index is 1140. The van der Waals surface area contributed by atoms with Crippen molar-refractivity contribution in [2.45, 2.75) is 19.1 Å². The number of nitrogens with zero attached hydrogens (tertiary/aromatic N) is 4. The lowest BCUT2D eigenvalue weighted by atomic mass is 10.2. The number of aryl methyl sites for hydroxylation is 1. The molecule has 1 aliphatic rings.